The number of phenols is 1. The summed E-state index contributed by atoms with van der Waals surface area (Å²) in [5.41, 5.74) is 0.152. The number of benzene rings is 3. The summed E-state index contributed by atoms with van der Waals surface area (Å²) in [5, 5.41) is 20.1. The quantitative estimate of drug-likeness (QED) is 0.318. The molecule has 3 aromatic carbocycles. The van der Waals surface area contributed by atoms with Crippen molar-refractivity contribution in [2.24, 2.45) is 0 Å². The zero-order chi connectivity index (χ0) is 22.6. The van der Waals surface area contributed by atoms with Gasteiger partial charge in [-0.3, -0.25) is 9.52 Å². The highest BCUT2D eigenvalue weighted by Gasteiger charge is 2.19. The standard InChI is InChI=1S/C20H17F2NO6S2/c21-18(22)10-29-12-5-7-13(8-6-12)31(27,28)23-16-9-17(30-11-19(24)25)20(26)15-4-2-1-3-14(15)16/h1-9,18,23,26H,10-11H2,(H,24,25). The number of phenolic OH excluding ortho intramolecular Hbond substituents is 1. The molecule has 0 amide bonds. The first-order chi connectivity index (χ1) is 14.7. The van der Waals surface area contributed by atoms with Gasteiger partial charge in [0.1, 0.15) is 18.1 Å². The van der Waals surface area contributed by atoms with E-state index >= 15 is 0 Å². The van der Waals surface area contributed by atoms with Crippen LogP contribution >= 0.6 is 11.8 Å². The molecule has 0 aromatic heterocycles. The highest BCUT2D eigenvalue weighted by molar-refractivity contribution is 8.00. The number of sulfonamides is 1. The number of alkyl halides is 2. The first-order valence-corrected chi connectivity index (χ1v) is 11.3. The molecule has 0 radical (unpaired) electrons. The van der Waals surface area contributed by atoms with Crippen LogP contribution in [-0.4, -0.2) is 43.4 Å². The van der Waals surface area contributed by atoms with Crippen molar-refractivity contribution < 1.29 is 36.9 Å². The molecule has 31 heavy (non-hydrogen) atoms. The van der Waals surface area contributed by atoms with Crippen molar-refractivity contribution in [2.75, 3.05) is 17.1 Å². The van der Waals surface area contributed by atoms with E-state index < -0.39 is 29.0 Å². The Labute approximate surface area is 180 Å². The molecule has 3 N–H and O–H groups in total. The van der Waals surface area contributed by atoms with Crippen LogP contribution in [0.3, 0.4) is 0 Å². The normalized spacial score (nSPS) is 11.6. The molecular weight excluding hydrogens is 452 g/mol. The second-order valence-electron chi connectivity index (χ2n) is 6.28. The fourth-order valence-electron chi connectivity index (χ4n) is 2.75. The molecule has 0 bridgehead atoms. The Balaban J connectivity index is 1.94. The van der Waals surface area contributed by atoms with Crippen LogP contribution in [0, 0.1) is 0 Å². The second kappa shape index (κ2) is 9.40. The van der Waals surface area contributed by atoms with Gasteiger partial charge in [0.2, 0.25) is 0 Å². The van der Waals surface area contributed by atoms with E-state index in [1.807, 2.05) is 0 Å². The summed E-state index contributed by atoms with van der Waals surface area (Å²) in [7, 11) is -4.07. The fourth-order valence-corrected chi connectivity index (χ4v) is 4.54. The summed E-state index contributed by atoms with van der Waals surface area (Å²) < 4.78 is 57.5. The number of carboxylic acid groups (broad SMARTS) is 1. The predicted octanol–water partition coefficient (Wildman–Crippen LogP) is 4.17. The molecule has 3 rings (SSSR count). The smallest absolute Gasteiger partial charge is 0.313 e. The summed E-state index contributed by atoms with van der Waals surface area (Å²) in [6.07, 6.45) is -2.65. The van der Waals surface area contributed by atoms with Crippen molar-refractivity contribution in [3.8, 4) is 11.5 Å². The maximum Gasteiger partial charge on any atom is 0.313 e. The minimum atomic E-state index is -4.07. The number of rotatable bonds is 9. The first kappa shape index (κ1) is 22.6. The van der Waals surface area contributed by atoms with Gasteiger partial charge in [-0.25, -0.2) is 17.2 Å². The van der Waals surface area contributed by atoms with Crippen molar-refractivity contribution >= 4 is 44.2 Å². The van der Waals surface area contributed by atoms with E-state index in [1.165, 1.54) is 30.3 Å². The van der Waals surface area contributed by atoms with E-state index in [1.54, 1.807) is 24.3 Å². The SMILES string of the molecule is O=C(O)CSc1cc(NS(=O)(=O)c2ccc(OCC(F)F)cc2)c2ccccc2c1O. The minimum absolute atomic E-state index is 0.0988. The van der Waals surface area contributed by atoms with Crippen LogP contribution in [0.2, 0.25) is 0 Å². The average molecular weight is 469 g/mol. The minimum Gasteiger partial charge on any atom is -0.506 e. The largest absolute Gasteiger partial charge is 0.506 e. The number of hydrogen-bond donors (Lipinski definition) is 3. The topological polar surface area (TPSA) is 113 Å². The molecule has 0 saturated heterocycles. The number of carboxylic acids is 1. The fraction of sp³-hybridized carbons (Fsp3) is 0.150. The van der Waals surface area contributed by atoms with Gasteiger partial charge in [-0.1, -0.05) is 24.3 Å². The summed E-state index contributed by atoms with van der Waals surface area (Å²) in [6, 6.07) is 12.8. The van der Waals surface area contributed by atoms with Gasteiger partial charge in [-0.05, 0) is 30.3 Å². The van der Waals surface area contributed by atoms with Gasteiger partial charge in [0.25, 0.3) is 16.4 Å². The molecule has 7 nitrogen and oxygen atoms in total. The zero-order valence-corrected chi connectivity index (χ0v) is 17.4. The molecule has 0 heterocycles. The highest BCUT2D eigenvalue weighted by Crippen LogP contribution is 2.40. The molecule has 0 fully saturated rings. The molecule has 0 aliphatic heterocycles. The molecule has 0 spiro atoms. The van der Waals surface area contributed by atoms with Crippen LogP contribution in [0.5, 0.6) is 11.5 Å². The van der Waals surface area contributed by atoms with Gasteiger partial charge in [0.15, 0.2) is 0 Å². The van der Waals surface area contributed by atoms with Crippen LogP contribution in [0.1, 0.15) is 0 Å². The zero-order valence-electron chi connectivity index (χ0n) is 15.8. The Morgan fingerprint density at radius 2 is 1.74 bits per heavy atom. The molecule has 0 aliphatic carbocycles. The Hall–Kier alpha value is -3.05. The Kier molecular flexibility index (Phi) is 6.86. The number of anilines is 1. The number of thioether (sulfide) groups is 1. The maximum atomic E-state index is 12.8. The number of aromatic hydroxyl groups is 1. The summed E-state index contributed by atoms with van der Waals surface area (Å²) in [6.45, 7) is -0.805. The van der Waals surface area contributed by atoms with Crippen LogP contribution in [0.25, 0.3) is 10.8 Å². The Morgan fingerprint density at radius 3 is 2.35 bits per heavy atom. The van der Waals surface area contributed by atoms with Crippen LogP contribution in [-0.2, 0) is 14.8 Å². The lowest BCUT2D eigenvalue weighted by molar-refractivity contribution is -0.133. The van der Waals surface area contributed by atoms with Crippen LogP contribution in [0.15, 0.2) is 64.4 Å². The number of ether oxygens (including phenoxy) is 1. The van der Waals surface area contributed by atoms with Crippen molar-refractivity contribution in [1.29, 1.82) is 0 Å². The number of nitrogens with one attached hydrogen (secondary N) is 1. The summed E-state index contributed by atoms with van der Waals surface area (Å²) in [4.78, 5) is 11.0. The van der Waals surface area contributed by atoms with Crippen molar-refractivity contribution in [1.82, 2.24) is 0 Å². The third kappa shape index (κ3) is 5.56. The number of hydrogen-bond acceptors (Lipinski definition) is 6. The van der Waals surface area contributed by atoms with Gasteiger partial charge in [-0.15, -0.1) is 11.8 Å². The number of carbonyl (C=O) groups is 1. The van der Waals surface area contributed by atoms with E-state index in [2.05, 4.69) is 4.72 Å². The van der Waals surface area contributed by atoms with E-state index in [0.29, 0.717) is 10.8 Å². The molecule has 0 saturated carbocycles. The van der Waals surface area contributed by atoms with Crippen molar-refractivity contribution in [3.05, 3.63) is 54.6 Å². The van der Waals surface area contributed by atoms with Gasteiger partial charge in [0.05, 0.1) is 21.2 Å². The third-order valence-corrected chi connectivity index (χ3v) is 6.48. The average Bonchev–Trinajstić information content (AvgIpc) is 2.73. The van der Waals surface area contributed by atoms with E-state index in [0.717, 1.165) is 11.8 Å². The Morgan fingerprint density at radius 1 is 1.10 bits per heavy atom. The predicted molar refractivity (Wildman–Crippen MR) is 113 cm³/mol. The van der Waals surface area contributed by atoms with Gasteiger partial charge >= 0.3 is 5.97 Å². The number of fused-ring (bicyclic) bond motifs is 1. The molecular formula is C20H17F2NO6S2. The van der Waals surface area contributed by atoms with Crippen molar-refractivity contribution in [3.63, 3.8) is 0 Å². The highest BCUT2D eigenvalue weighted by atomic mass is 32.2. The summed E-state index contributed by atoms with van der Waals surface area (Å²) in [5.74, 6) is -1.46. The van der Waals surface area contributed by atoms with E-state index in [4.69, 9.17) is 9.84 Å². The molecule has 11 heteroatoms. The van der Waals surface area contributed by atoms with E-state index in [-0.39, 0.29) is 32.7 Å². The molecule has 164 valence electrons. The summed E-state index contributed by atoms with van der Waals surface area (Å²) >= 11 is 0.854. The molecule has 0 unspecified atom stereocenters. The molecule has 3 aromatic rings. The van der Waals surface area contributed by atoms with Crippen molar-refractivity contribution in [2.45, 2.75) is 16.2 Å². The lowest BCUT2D eigenvalue weighted by Crippen LogP contribution is -2.13. The van der Waals surface area contributed by atoms with E-state index in [9.17, 15) is 27.1 Å². The van der Waals surface area contributed by atoms with Gasteiger partial charge < -0.3 is 14.9 Å². The lowest BCUT2D eigenvalue weighted by atomic mass is 10.1. The second-order valence-corrected chi connectivity index (χ2v) is 8.98. The van der Waals surface area contributed by atoms with Gasteiger partial charge in [-0.2, -0.15) is 0 Å². The third-order valence-electron chi connectivity index (χ3n) is 4.09. The number of aliphatic carboxylic acids is 1. The number of halogens is 2. The first-order valence-electron chi connectivity index (χ1n) is 8.80. The van der Waals surface area contributed by atoms with Gasteiger partial charge in [0, 0.05) is 10.8 Å². The Bertz CT molecular complexity index is 1200. The maximum absolute atomic E-state index is 12.8. The van der Waals surface area contributed by atoms with Crippen LogP contribution < -0.4 is 9.46 Å². The monoisotopic (exact) mass is 469 g/mol. The molecule has 0 aliphatic rings. The van der Waals surface area contributed by atoms with Crippen LogP contribution in [0.4, 0.5) is 14.5 Å². The lowest BCUT2D eigenvalue weighted by Gasteiger charge is -2.15. The molecule has 0 atom stereocenters.